The van der Waals surface area contributed by atoms with Gasteiger partial charge in [0, 0.05) is 0 Å². The van der Waals surface area contributed by atoms with E-state index in [0.717, 1.165) is 15.4 Å². The van der Waals surface area contributed by atoms with Gasteiger partial charge >= 0.3 is 0 Å². The zero-order chi connectivity index (χ0) is 24.7. The minimum Gasteiger partial charge on any atom is -0.497 e. The van der Waals surface area contributed by atoms with Gasteiger partial charge in [-0.2, -0.15) is 5.10 Å². The molecule has 8 nitrogen and oxygen atoms in total. The first-order valence-electron chi connectivity index (χ1n) is 10.1. The van der Waals surface area contributed by atoms with Crippen LogP contribution in [0.25, 0.3) is 0 Å². The van der Waals surface area contributed by atoms with Gasteiger partial charge in [-0.25, -0.2) is 13.8 Å². The number of rotatable bonds is 9. The lowest BCUT2D eigenvalue weighted by Crippen LogP contribution is -2.39. The third kappa shape index (κ3) is 6.15. The second-order valence-corrected chi connectivity index (χ2v) is 9.93. The fourth-order valence-electron chi connectivity index (χ4n) is 3.00. The van der Waals surface area contributed by atoms with E-state index in [-0.39, 0.29) is 4.90 Å². The first-order chi connectivity index (χ1) is 16.2. The molecule has 0 aliphatic heterocycles. The topological polar surface area (TPSA) is 97.3 Å². The van der Waals surface area contributed by atoms with Gasteiger partial charge in [0.2, 0.25) is 0 Å². The molecule has 0 aliphatic rings. The highest BCUT2D eigenvalue weighted by molar-refractivity contribution is 9.10. The van der Waals surface area contributed by atoms with Crippen molar-refractivity contribution in [1.29, 1.82) is 0 Å². The molecule has 0 bridgehead atoms. The highest BCUT2D eigenvalue weighted by atomic mass is 79.9. The Balaban J connectivity index is 1.84. The standard InChI is InChI=1S/C24H24BrN3O5S/c1-17-4-8-19(9-5-17)28(34(30,31)21-12-13-23(33-3)22(25)14-21)16-24(29)27-26-15-18-6-10-20(32-2)11-7-18/h4-15H,16H2,1-3H3,(H,27,29)/b26-15+. The molecule has 1 N–H and O–H groups in total. The van der Waals surface area contributed by atoms with Crippen molar-refractivity contribution in [3.05, 3.63) is 82.3 Å². The molecule has 0 spiro atoms. The highest BCUT2D eigenvalue weighted by Gasteiger charge is 2.28. The molecule has 0 aliphatic carbocycles. The SMILES string of the molecule is COc1ccc(/C=N/NC(=O)CN(c2ccc(C)cc2)S(=O)(=O)c2ccc(OC)c(Br)c2)cc1. The van der Waals surface area contributed by atoms with Gasteiger partial charge in [0.1, 0.15) is 18.0 Å². The fraction of sp³-hybridized carbons (Fsp3) is 0.167. The van der Waals surface area contributed by atoms with Crippen LogP contribution in [-0.2, 0) is 14.8 Å². The molecular weight excluding hydrogens is 522 g/mol. The van der Waals surface area contributed by atoms with Crippen molar-refractivity contribution < 1.29 is 22.7 Å². The van der Waals surface area contributed by atoms with Crippen molar-refractivity contribution in [3.63, 3.8) is 0 Å². The number of hydrazone groups is 1. The number of methoxy groups -OCH3 is 2. The largest absolute Gasteiger partial charge is 0.497 e. The van der Waals surface area contributed by atoms with E-state index in [1.54, 1.807) is 61.7 Å². The first-order valence-corrected chi connectivity index (χ1v) is 12.4. The smallest absolute Gasteiger partial charge is 0.264 e. The van der Waals surface area contributed by atoms with E-state index in [0.29, 0.717) is 21.7 Å². The number of benzene rings is 3. The van der Waals surface area contributed by atoms with E-state index >= 15 is 0 Å². The van der Waals surface area contributed by atoms with Crippen molar-refractivity contribution in [2.75, 3.05) is 25.1 Å². The van der Waals surface area contributed by atoms with E-state index in [2.05, 4.69) is 26.5 Å². The molecule has 0 unspecified atom stereocenters. The van der Waals surface area contributed by atoms with Crippen molar-refractivity contribution in [1.82, 2.24) is 5.43 Å². The summed E-state index contributed by atoms with van der Waals surface area (Å²) in [5, 5.41) is 3.94. The first kappa shape index (κ1) is 25.3. The molecule has 0 saturated heterocycles. The van der Waals surface area contributed by atoms with Gasteiger partial charge in [-0.15, -0.1) is 0 Å². The van der Waals surface area contributed by atoms with Crippen LogP contribution < -0.4 is 19.2 Å². The third-order valence-electron chi connectivity index (χ3n) is 4.84. The Kier molecular flexibility index (Phi) is 8.30. The van der Waals surface area contributed by atoms with Crippen molar-refractivity contribution >= 4 is 43.8 Å². The van der Waals surface area contributed by atoms with Crippen molar-refractivity contribution in [2.24, 2.45) is 5.10 Å². The van der Waals surface area contributed by atoms with E-state index in [9.17, 15) is 13.2 Å². The normalized spacial score (nSPS) is 11.3. The molecular formula is C24H24BrN3O5S. The van der Waals surface area contributed by atoms with Gasteiger partial charge in [-0.05, 0) is 83.0 Å². The average Bonchev–Trinajstić information content (AvgIpc) is 2.83. The van der Waals surface area contributed by atoms with Crippen LogP contribution in [0.2, 0.25) is 0 Å². The zero-order valence-electron chi connectivity index (χ0n) is 18.9. The summed E-state index contributed by atoms with van der Waals surface area (Å²) in [5.41, 5.74) is 4.44. The monoisotopic (exact) mass is 545 g/mol. The second kappa shape index (κ2) is 11.2. The van der Waals surface area contributed by atoms with E-state index in [4.69, 9.17) is 9.47 Å². The van der Waals surface area contributed by atoms with Crippen LogP contribution in [0.1, 0.15) is 11.1 Å². The number of carbonyl (C=O) groups excluding carboxylic acids is 1. The maximum Gasteiger partial charge on any atom is 0.264 e. The molecule has 34 heavy (non-hydrogen) atoms. The summed E-state index contributed by atoms with van der Waals surface area (Å²) in [6.45, 7) is 1.43. The number of hydrogen-bond acceptors (Lipinski definition) is 6. The summed E-state index contributed by atoms with van der Waals surface area (Å²) in [6.07, 6.45) is 1.46. The van der Waals surface area contributed by atoms with Crippen LogP contribution >= 0.6 is 15.9 Å². The van der Waals surface area contributed by atoms with Crippen LogP contribution in [0.15, 0.2) is 81.2 Å². The van der Waals surface area contributed by atoms with Crippen molar-refractivity contribution in [2.45, 2.75) is 11.8 Å². The van der Waals surface area contributed by atoms with E-state index in [1.165, 1.54) is 25.5 Å². The third-order valence-corrected chi connectivity index (χ3v) is 7.23. The molecule has 0 saturated carbocycles. The molecule has 178 valence electrons. The predicted molar refractivity (Wildman–Crippen MR) is 135 cm³/mol. The summed E-state index contributed by atoms with van der Waals surface area (Å²) >= 11 is 3.32. The zero-order valence-corrected chi connectivity index (χ0v) is 21.3. The molecule has 0 radical (unpaired) electrons. The Morgan fingerprint density at radius 2 is 1.71 bits per heavy atom. The Morgan fingerprint density at radius 1 is 1.03 bits per heavy atom. The number of nitrogens with one attached hydrogen (secondary N) is 1. The van der Waals surface area contributed by atoms with Crippen molar-refractivity contribution in [3.8, 4) is 11.5 Å². The Labute approximate surface area is 207 Å². The van der Waals surface area contributed by atoms with Gasteiger partial charge in [0.15, 0.2) is 0 Å². The lowest BCUT2D eigenvalue weighted by molar-refractivity contribution is -0.119. The molecule has 3 aromatic rings. The summed E-state index contributed by atoms with van der Waals surface area (Å²) < 4.78 is 38.8. The van der Waals surface area contributed by atoms with Crippen LogP contribution in [0.5, 0.6) is 11.5 Å². The number of amides is 1. The number of carbonyl (C=O) groups is 1. The number of nitrogens with zero attached hydrogens (tertiary/aromatic N) is 2. The number of halogens is 1. The van der Waals surface area contributed by atoms with E-state index in [1.807, 2.05) is 6.92 Å². The molecule has 1 amide bonds. The van der Waals surface area contributed by atoms with Crippen LogP contribution in [0.3, 0.4) is 0 Å². The number of hydrogen-bond donors (Lipinski definition) is 1. The number of ether oxygens (including phenoxy) is 2. The molecule has 3 rings (SSSR count). The quantitative estimate of drug-likeness (QED) is 0.322. The molecule has 0 aromatic heterocycles. The molecule has 0 heterocycles. The number of aryl methyl sites for hydroxylation is 1. The van der Waals surface area contributed by atoms with Gasteiger partial charge < -0.3 is 9.47 Å². The second-order valence-electron chi connectivity index (χ2n) is 7.21. The number of anilines is 1. The van der Waals surface area contributed by atoms with Gasteiger partial charge in [0.05, 0.1) is 35.5 Å². The van der Waals surface area contributed by atoms with Crippen LogP contribution in [0, 0.1) is 6.92 Å². The summed E-state index contributed by atoms with van der Waals surface area (Å²) in [6, 6.07) is 18.4. The predicted octanol–water partition coefficient (Wildman–Crippen LogP) is 4.12. The maximum atomic E-state index is 13.5. The van der Waals surface area contributed by atoms with Crippen LogP contribution in [0.4, 0.5) is 5.69 Å². The molecule has 0 atom stereocenters. The number of sulfonamides is 1. The Bertz CT molecular complexity index is 1280. The van der Waals surface area contributed by atoms with Crippen LogP contribution in [-0.4, -0.2) is 41.3 Å². The van der Waals surface area contributed by atoms with E-state index < -0.39 is 22.5 Å². The van der Waals surface area contributed by atoms with Gasteiger partial charge in [-0.1, -0.05) is 17.7 Å². The lowest BCUT2D eigenvalue weighted by atomic mass is 10.2. The fourth-order valence-corrected chi connectivity index (χ4v) is 5.14. The lowest BCUT2D eigenvalue weighted by Gasteiger charge is -2.24. The van der Waals surface area contributed by atoms with Gasteiger partial charge in [0.25, 0.3) is 15.9 Å². The summed E-state index contributed by atoms with van der Waals surface area (Å²) in [7, 11) is -1.01. The summed E-state index contributed by atoms with van der Waals surface area (Å²) in [4.78, 5) is 12.7. The minimum absolute atomic E-state index is 0.00952. The maximum absolute atomic E-state index is 13.5. The Hall–Kier alpha value is -3.37. The van der Waals surface area contributed by atoms with Gasteiger partial charge in [-0.3, -0.25) is 9.10 Å². The molecule has 3 aromatic carbocycles. The highest BCUT2D eigenvalue weighted by Crippen LogP contribution is 2.30. The summed E-state index contributed by atoms with van der Waals surface area (Å²) in [5.74, 6) is 0.596. The Morgan fingerprint density at radius 3 is 2.29 bits per heavy atom. The average molecular weight is 546 g/mol. The molecule has 0 fully saturated rings. The molecule has 10 heteroatoms. The minimum atomic E-state index is -4.07.